The predicted molar refractivity (Wildman–Crippen MR) is 113 cm³/mol. The number of hydrogen-bond acceptors (Lipinski definition) is 4. The fourth-order valence-corrected chi connectivity index (χ4v) is 3.89. The maximum absolute atomic E-state index is 12.5. The second kappa shape index (κ2) is 8.11. The third kappa shape index (κ3) is 3.96. The van der Waals surface area contributed by atoms with Gasteiger partial charge in [0.25, 0.3) is 5.91 Å². The summed E-state index contributed by atoms with van der Waals surface area (Å²) in [7, 11) is 0. The highest BCUT2D eigenvalue weighted by Gasteiger charge is 2.14. The van der Waals surface area contributed by atoms with Crippen molar-refractivity contribution in [2.45, 2.75) is 32.4 Å². The number of aryl methyl sites for hydroxylation is 2. The Kier molecular flexibility index (Phi) is 5.01. The van der Waals surface area contributed by atoms with Crippen LogP contribution in [0, 0.1) is 0 Å². The van der Waals surface area contributed by atoms with Gasteiger partial charge in [-0.15, -0.1) is 0 Å². The van der Waals surface area contributed by atoms with Crippen molar-refractivity contribution < 1.29 is 19.0 Å². The molecule has 30 heavy (non-hydrogen) atoms. The first-order valence-corrected chi connectivity index (χ1v) is 10.2. The molecule has 5 rings (SSSR count). The van der Waals surface area contributed by atoms with Gasteiger partial charge in [0.1, 0.15) is 12.4 Å². The molecule has 0 atom stereocenters. The molecule has 2 aliphatic rings. The van der Waals surface area contributed by atoms with Gasteiger partial charge in [0.2, 0.25) is 6.79 Å². The molecule has 152 valence electrons. The second-order valence-electron chi connectivity index (χ2n) is 7.64. The van der Waals surface area contributed by atoms with Crippen LogP contribution in [0.1, 0.15) is 39.0 Å². The van der Waals surface area contributed by atoms with Crippen LogP contribution in [-0.4, -0.2) is 12.7 Å². The summed E-state index contributed by atoms with van der Waals surface area (Å²) in [5, 5.41) is 2.94. The Morgan fingerprint density at radius 1 is 0.867 bits per heavy atom. The van der Waals surface area contributed by atoms with Crippen LogP contribution in [0.2, 0.25) is 0 Å². The lowest BCUT2D eigenvalue weighted by Gasteiger charge is -2.09. The van der Waals surface area contributed by atoms with Crippen molar-refractivity contribution in [2.75, 3.05) is 6.79 Å². The number of carbonyl (C=O) groups excluding carboxylic acids is 1. The van der Waals surface area contributed by atoms with Crippen molar-refractivity contribution in [3.8, 4) is 17.2 Å². The van der Waals surface area contributed by atoms with E-state index in [1.165, 1.54) is 24.0 Å². The Morgan fingerprint density at radius 3 is 2.57 bits per heavy atom. The van der Waals surface area contributed by atoms with Crippen LogP contribution in [0.15, 0.2) is 60.7 Å². The lowest BCUT2D eigenvalue weighted by molar-refractivity contribution is 0.0950. The zero-order valence-electron chi connectivity index (χ0n) is 16.6. The van der Waals surface area contributed by atoms with Crippen molar-refractivity contribution in [1.29, 1.82) is 0 Å². The summed E-state index contributed by atoms with van der Waals surface area (Å²) >= 11 is 0. The maximum atomic E-state index is 12.5. The number of hydrogen-bond donors (Lipinski definition) is 1. The molecule has 5 heteroatoms. The molecule has 0 fully saturated rings. The number of ether oxygens (including phenoxy) is 3. The van der Waals surface area contributed by atoms with Gasteiger partial charge in [-0.3, -0.25) is 4.79 Å². The molecule has 0 spiro atoms. The van der Waals surface area contributed by atoms with E-state index >= 15 is 0 Å². The molecule has 0 radical (unpaired) electrons. The summed E-state index contributed by atoms with van der Waals surface area (Å²) in [6.45, 7) is 1.16. The van der Waals surface area contributed by atoms with Gasteiger partial charge >= 0.3 is 0 Å². The van der Waals surface area contributed by atoms with E-state index in [0.717, 1.165) is 34.8 Å². The average Bonchev–Trinajstić information content (AvgIpc) is 3.44. The van der Waals surface area contributed by atoms with E-state index in [4.69, 9.17) is 14.2 Å². The molecule has 1 aliphatic heterocycles. The molecule has 3 aromatic carbocycles. The van der Waals surface area contributed by atoms with E-state index in [2.05, 4.69) is 17.4 Å². The smallest absolute Gasteiger partial charge is 0.251 e. The highest BCUT2D eigenvalue weighted by molar-refractivity contribution is 5.94. The van der Waals surface area contributed by atoms with E-state index in [1.807, 2.05) is 48.5 Å². The SMILES string of the molecule is O=C(NCc1ccc2c(c1)OCO2)c1ccc(COc2ccc3c(c2)CCC3)cc1. The van der Waals surface area contributed by atoms with Crippen LogP contribution >= 0.6 is 0 Å². The Labute approximate surface area is 175 Å². The molecule has 1 aliphatic carbocycles. The van der Waals surface area contributed by atoms with E-state index in [0.29, 0.717) is 18.7 Å². The third-order valence-electron chi connectivity index (χ3n) is 5.58. The van der Waals surface area contributed by atoms with Crippen molar-refractivity contribution in [1.82, 2.24) is 5.32 Å². The summed E-state index contributed by atoms with van der Waals surface area (Å²) in [6.07, 6.45) is 3.55. The first-order chi connectivity index (χ1) is 14.7. The molecule has 0 unspecified atom stereocenters. The van der Waals surface area contributed by atoms with Crippen LogP contribution in [0.25, 0.3) is 0 Å². The lowest BCUT2D eigenvalue weighted by atomic mass is 10.1. The summed E-state index contributed by atoms with van der Waals surface area (Å²) in [5.74, 6) is 2.25. The topological polar surface area (TPSA) is 56.8 Å². The quantitative estimate of drug-likeness (QED) is 0.665. The van der Waals surface area contributed by atoms with Crippen molar-refractivity contribution in [3.63, 3.8) is 0 Å². The average molecular weight is 401 g/mol. The van der Waals surface area contributed by atoms with Gasteiger partial charge in [0, 0.05) is 12.1 Å². The van der Waals surface area contributed by atoms with Gasteiger partial charge in [0.15, 0.2) is 11.5 Å². The van der Waals surface area contributed by atoms with E-state index in [9.17, 15) is 4.79 Å². The van der Waals surface area contributed by atoms with Crippen LogP contribution in [-0.2, 0) is 26.0 Å². The number of rotatable bonds is 6. The number of amides is 1. The standard InChI is InChI=1S/C25H23NO4/c27-25(26-14-18-6-11-23-24(12-18)30-16-29-23)20-7-4-17(5-8-20)15-28-22-10-9-19-2-1-3-21(19)13-22/h4-13H,1-3,14-16H2,(H,26,27). The van der Waals surface area contributed by atoms with Crippen LogP contribution in [0.4, 0.5) is 0 Å². The minimum atomic E-state index is -0.112. The van der Waals surface area contributed by atoms with Crippen molar-refractivity contribution >= 4 is 5.91 Å². The molecule has 5 nitrogen and oxygen atoms in total. The Morgan fingerprint density at radius 2 is 1.67 bits per heavy atom. The predicted octanol–water partition coefficient (Wildman–Crippen LogP) is 4.41. The van der Waals surface area contributed by atoms with Crippen LogP contribution < -0.4 is 19.5 Å². The highest BCUT2D eigenvalue weighted by atomic mass is 16.7. The molecule has 0 bridgehead atoms. The number of benzene rings is 3. The van der Waals surface area contributed by atoms with Gasteiger partial charge < -0.3 is 19.5 Å². The minimum Gasteiger partial charge on any atom is -0.489 e. The van der Waals surface area contributed by atoms with Gasteiger partial charge in [-0.05, 0) is 77.9 Å². The van der Waals surface area contributed by atoms with Crippen molar-refractivity contribution in [3.05, 3.63) is 88.5 Å². The number of nitrogens with one attached hydrogen (secondary N) is 1. The van der Waals surface area contributed by atoms with Gasteiger partial charge in [-0.25, -0.2) is 0 Å². The second-order valence-corrected chi connectivity index (χ2v) is 7.64. The number of carbonyl (C=O) groups is 1. The molecule has 0 aromatic heterocycles. The molecule has 1 amide bonds. The normalized spacial score (nSPS) is 13.7. The molecule has 1 N–H and O–H groups in total. The molecule has 3 aromatic rings. The van der Waals surface area contributed by atoms with Crippen LogP contribution in [0.5, 0.6) is 17.2 Å². The summed E-state index contributed by atoms with van der Waals surface area (Å²) in [5.41, 5.74) is 5.47. The summed E-state index contributed by atoms with van der Waals surface area (Å²) in [6, 6.07) is 19.6. The lowest BCUT2D eigenvalue weighted by Crippen LogP contribution is -2.22. The third-order valence-corrected chi connectivity index (χ3v) is 5.58. The molecule has 0 saturated carbocycles. The Hall–Kier alpha value is -3.47. The Balaban J connectivity index is 1.15. The minimum absolute atomic E-state index is 0.112. The fraction of sp³-hybridized carbons (Fsp3) is 0.240. The Bertz CT molecular complexity index is 1080. The zero-order valence-corrected chi connectivity index (χ0v) is 16.6. The first-order valence-electron chi connectivity index (χ1n) is 10.2. The van der Waals surface area contributed by atoms with Crippen LogP contribution in [0.3, 0.4) is 0 Å². The van der Waals surface area contributed by atoms with Crippen molar-refractivity contribution in [2.24, 2.45) is 0 Å². The molecule has 1 heterocycles. The highest BCUT2D eigenvalue weighted by Crippen LogP contribution is 2.32. The molecule has 0 saturated heterocycles. The van der Waals surface area contributed by atoms with Gasteiger partial charge in [-0.2, -0.15) is 0 Å². The monoisotopic (exact) mass is 401 g/mol. The zero-order chi connectivity index (χ0) is 20.3. The van der Waals surface area contributed by atoms with Gasteiger partial charge in [0.05, 0.1) is 0 Å². The number of fused-ring (bicyclic) bond motifs is 2. The molecular weight excluding hydrogens is 378 g/mol. The molecular formula is C25H23NO4. The van der Waals surface area contributed by atoms with Gasteiger partial charge in [-0.1, -0.05) is 24.3 Å². The maximum Gasteiger partial charge on any atom is 0.251 e. The summed E-state index contributed by atoms with van der Waals surface area (Å²) in [4.78, 5) is 12.5. The summed E-state index contributed by atoms with van der Waals surface area (Å²) < 4.78 is 16.6. The first kappa shape index (κ1) is 18.6. The largest absolute Gasteiger partial charge is 0.489 e. The fourth-order valence-electron chi connectivity index (χ4n) is 3.89. The van der Waals surface area contributed by atoms with E-state index < -0.39 is 0 Å². The van der Waals surface area contributed by atoms with E-state index in [1.54, 1.807) is 0 Å². The van der Waals surface area contributed by atoms with E-state index in [-0.39, 0.29) is 12.7 Å².